The summed E-state index contributed by atoms with van der Waals surface area (Å²) >= 11 is 3.32. The Morgan fingerprint density at radius 2 is 0.947 bits per heavy atom. The number of benzene rings is 6. The molecule has 0 aliphatic heterocycles. The van der Waals surface area contributed by atoms with Crippen LogP contribution in [0.25, 0.3) is 32.7 Å². The van der Waals surface area contributed by atoms with Crippen molar-refractivity contribution in [2.45, 2.75) is 0 Å². The lowest BCUT2D eigenvalue weighted by molar-refractivity contribution is 0.426. The average Bonchev–Trinajstić information content (AvgIpc) is 2.95. The molecule has 0 bridgehead atoms. The fourth-order valence-electron chi connectivity index (χ4n) is 3.97. The molecule has 6 aromatic carbocycles. The zero-order valence-corrected chi connectivity index (χ0v) is 22.0. The van der Waals surface area contributed by atoms with Gasteiger partial charge in [0.25, 0.3) is 0 Å². The highest BCUT2D eigenvalue weighted by Gasteiger charge is 2.07. The molecule has 0 unspecified atom stereocenters. The molecule has 0 aromatic heterocycles. The molecule has 0 saturated heterocycles. The van der Waals surface area contributed by atoms with Crippen LogP contribution in [0.3, 0.4) is 0 Å². The number of halogens is 1. The molecule has 0 saturated carbocycles. The topological polar surface area (TPSA) is 80.9 Å². The lowest BCUT2D eigenvalue weighted by Crippen LogP contribution is -2.29. The molecule has 4 nitrogen and oxygen atoms in total. The minimum Gasteiger partial charge on any atom is -0.507 e. The summed E-state index contributed by atoms with van der Waals surface area (Å²) in [6.45, 7) is 0. The number of rotatable bonds is 2. The van der Waals surface area contributed by atoms with Crippen molar-refractivity contribution in [2.24, 2.45) is 0 Å². The number of hydrogen-bond donors (Lipinski definition) is 4. The van der Waals surface area contributed by atoms with E-state index < -0.39 is 7.12 Å². The first-order valence-corrected chi connectivity index (χ1v) is 12.8. The quantitative estimate of drug-likeness (QED) is 0.173. The number of fused-ring (bicyclic) bond motifs is 2. The minimum atomic E-state index is -1.34. The molecule has 0 aliphatic carbocycles. The van der Waals surface area contributed by atoms with Gasteiger partial charge >= 0.3 is 7.12 Å². The van der Waals surface area contributed by atoms with E-state index in [0.29, 0.717) is 17.0 Å². The largest absolute Gasteiger partial charge is 0.507 e. The summed E-state index contributed by atoms with van der Waals surface area (Å²) in [6, 6.07) is 41.9. The number of phenolic OH excluding ortho intramolecular Hbond substituents is 2. The second kappa shape index (κ2) is 12.9. The van der Waals surface area contributed by atoms with Crippen LogP contribution in [-0.4, -0.2) is 27.4 Å². The molecule has 38 heavy (non-hydrogen) atoms. The Morgan fingerprint density at radius 1 is 0.474 bits per heavy atom. The van der Waals surface area contributed by atoms with Gasteiger partial charge in [0.1, 0.15) is 11.5 Å². The Kier molecular flexibility index (Phi) is 9.17. The molecule has 4 N–H and O–H groups in total. The van der Waals surface area contributed by atoms with Gasteiger partial charge in [-0.05, 0) is 51.6 Å². The Morgan fingerprint density at radius 3 is 1.50 bits per heavy atom. The van der Waals surface area contributed by atoms with Crippen molar-refractivity contribution >= 4 is 50.1 Å². The first-order chi connectivity index (χ1) is 18.4. The lowest BCUT2D eigenvalue weighted by Gasteiger charge is -2.06. The van der Waals surface area contributed by atoms with Crippen LogP contribution < -0.4 is 5.46 Å². The maximum atomic E-state index is 10.0. The van der Waals surface area contributed by atoms with Gasteiger partial charge in [0.05, 0.1) is 0 Å². The van der Waals surface area contributed by atoms with E-state index in [1.165, 1.54) is 0 Å². The summed E-state index contributed by atoms with van der Waals surface area (Å²) < 4.78 is 0.902. The van der Waals surface area contributed by atoms with Gasteiger partial charge in [0.2, 0.25) is 0 Å². The van der Waals surface area contributed by atoms with Gasteiger partial charge < -0.3 is 20.3 Å². The molecule has 0 aliphatic rings. The Labute approximate surface area is 230 Å². The second-order valence-electron chi connectivity index (χ2n) is 8.51. The molecular weight excluding hydrogens is 539 g/mol. The molecular formula is C32H26BBrO4. The number of hydrogen-bond acceptors (Lipinski definition) is 4. The molecule has 0 fully saturated rings. The van der Waals surface area contributed by atoms with Crippen LogP contribution in [0.1, 0.15) is 0 Å². The molecule has 188 valence electrons. The van der Waals surface area contributed by atoms with Crippen molar-refractivity contribution in [3.8, 4) is 22.6 Å². The van der Waals surface area contributed by atoms with E-state index in [1.807, 2.05) is 97.1 Å². The first-order valence-electron chi connectivity index (χ1n) is 12.0. The van der Waals surface area contributed by atoms with Gasteiger partial charge in [-0.3, -0.25) is 0 Å². The van der Waals surface area contributed by atoms with E-state index in [-0.39, 0.29) is 0 Å². The molecule has 6 aromatic rings. The third kappa shape index (κ3) is 7.02. The summed E-state index contributed by atoms with van der Waals surface area (Å²) in [7, 11) is -1.34. The Bertz CT molecular complexity index is 1620. The van der Waals surface area contributed by atoms with Crippen LogP contribution in [-0.2, 0) is 0 Å². The minimum absolute atomic E-state index is 0.319. The van der Waals surface area contributed by atoms with Gasteiger partial charge in [-0.25, -0.2) is 0 Å². The van der Waals surface area contributed by atoms with Crippen LogP contribution in [0.4, 0.5) is 0 Å². The number of aromatic hydroxyl groups is 2. The summed E-state index contributed by atoms with van der Waals surface area (Å²) in [4.78, 5) is 0. The van der Waals surface area contributed by atoms with E-state index >= 15 is 0 Å². The summed E-state index contributed by atoms with van der Waals surface area (Å²) in [5, 5.41) is 40.6. The Hall–Kier alpha value is -4.10. The standard InChI is InChI=1S/C16H12O.C10H7BrO.C6H7BO2/c17-16-11-14(12-6-2-1-3-7-12)10-13-8-4-5-9-15(13)16;11-8-5-7-3-1-2-4-9(7)10(12)6-8;8-7(9)6-4-2-1-3-5-6/h1-11,17H;1-6,12H;1-5,8-9H. The fraction of sp³-hybridized carbons (Fsp3) is 0. The highest BCUT2D eigenvalue weighted by atomic mass is 79.9. The van der Waals surface area contributed by atoms with Crippen molar-refractivity contribution in [3.63, 3.8) is 0 Å². The van der Waals surface area contributed by atoms with Crippen molar-refractivity contribution in [1.29, 1.82) is 0 Å². The van der Waals surface area contributed by atoms with Crippen molar-refractivity contribution in [2.75, 3.05) is 0 Å². The highest BCUT2D eigenvalue weighted by Crippen LogP contribution is 2.31. The predicted molar refractivity (Wildman–Crippen MR) is 161 cm³/mol. The van der Waals surface area contributed by atoms with Crippen LogP contribution in [0.15, 0.2) is 138 Å². The third-order valence-corrected chi connectivity index (χ3v) is 6.31. The van der Waals surface area contributed by atoms with Crippen LogP contribution in [0.2, 0.25) is 0 Å². The lowest BCUT2D eigenvalue weighted by atomic mass is 9.81. The molecule has 0 radical (unpaired) electrons. The van der Waals surface area contributed by atoms with Crippen molar-refractivity contribution in [3.05, 3.63) is 138 Å². The van der Waals surface area contributed by atoms with E-state index in [2.05, 4.69) is 22.0 Å². The monoisotopic (exact) mass is 564 g/mol. The summed E-state index contributed by atoms with van der Waals surface area (Å²) in [6.07, 6.45) is 0. The summed E-state index contributed by atoms with van der Waals surface area (Å²) in [5.74, 6) is 0.655. The molecule has 6 rings (SSSR count). The summed E-state index contributed by atoms with van der Waals surface area (Å²) in [5.41, 5.74) is 2.69. The van der Waals surface area contributed by atoms with Gasteiger partial charge in [0, 0.05) is 15.2 Å². The van der Waals surface area contributed by atoms with E-state index in [0.717, 1.165) is 37.1 Å². The van der Waals surface area contributed by atoms with Crippen LogP contribution >= 0.6 is 15.9 Å². The van der Waals surface area contributed by atoms with E-state index in [4.69, 9.17) is 10.0 Å². The fourth-order valence-corrected chi connectivity index (χ4v) is 4.43. The third-order valence-electron chi connectivity index (χ3n) is 5.85. The predicted octanol–water partition coefficient (Wildman–Crippen LogP) is 6.89. The molecule has 0 atom stereocenters. The van der Waals surface area contributed by atoms with Gasteiger partial charge in [0.15, 0.2) is 0 Å². The smallest absolute Gasteiger partial charge is 0.488 e. The van der Waals surface area contributed by atoms with E-state index in [1.54, 1.807) is 30.3 Å². The van der Waals surface area contributed by atoms with Gasteiger partial charge in [-0.15, -0.1) is 0 Å². The average molecular weight is 565 g/mol. The second-order valence-corrected chi connectivity index (χ2v) is 9.43. The SMILES string of the molecule is OB(O)c1ccccc1.Oc1cc(-c2ccccc2)cc2ccccc12.Oc1cc(Br)cc2ccccc12. The molecule has 0 heterocycles. The Balaban J connectivity index is 0.000000141. The van der Waals surface area contributed by atoms with Gasteiger partial charge in [-0.2, -0.15) is 0 Å². The zero-order chi connectivity index (χ0) is 26.9. The van der Waals surface area contributed by atoms with E-state index in [9.17, 15) is 10.2 Å². The maximum absolute atomic E-state index is 10.0. The van der Waals surface area contributed by atoms with Crippen LogP contribution in [0.5, 0.6) is 11.5 Å². The van der Waals surface area contributed by atoms with Gasteiger partial charge in [-0.1, -0.05) is 125 Å². The molecule has 0 amide bonds. The zero-order valence-electron chi connectivity index (χ0n) is 20.4. The maximum Gasteiger partial charge on any atom is 0.488 e. The highest BCUT2D eigenvalue weighted by molar-refractivity contribution is 9.10. The molecule has 0 spiro atoms. The normalized spacial score (nSPS) is 10.2. The van der Waals surface area contributed by atoms with Crippen LogP contribution in [0, 0.1) is 0 Å². The first kappa shape index (κ1) is 27.0. The van der Waals surface area contributed by atoms with Crippen molar-refractivity contribution in [1.82, 2.24) is 0 Å². The molecule has 6 heteroatoms. The van der Waals surface area contributed by atoms with Crippen molar-refractivity contribution < 1.29 is 20.3 Å². The number of phenols is 2.